The van der Waals surface area contributed by atoms with Crippen LogP contribution >= 0.6 is 12.2 Å². The Morgan fingerprint density at radius 1 is 1.69 bits per heavy atom. The molecular weight excluding hydrogens is 188 g/mol. The summed E-state index contributed by atoms with van der Waals surface area (Å²) in [6.45, 7) is 1.85. The largest absolute Gasteiger partial charge is 0.469 e. The minimum absolute atomic E-state index is 0.383. The maximum absolute atomic E-state index is 5.62. The first-order valence-corrected chi connectivity index (χ1v) is 4.07. The number of hydrogen-bond acceptors (Lipinski definition) is 4. The predicted molar refractivity (Wildman–Crippen MR) is 50.0 cm³/mol. The molecular formula is C7H8N4OS. The van der Waals surface area contributed by atoms with Crippen molar-refractivity contribution >= 4 is 12.2 Å². The van der Waals surface area contributed by atoms with Crippen LogP contribution in [0.15, 0.2) is 16.7 Å². The Hall–Kier alpha value is -1.56. The summed E-state index contributed by atoms with van der Waals surface area (Å²) in [6.07, 6.45) is 1.59. The second-order valence-electron chi connectivity index (χ2n) is 2.67. The van der Waals surface area contributed by atoms with Crippen molar-refractivity contribution in [2.24, 2.45) is 0 Å². The first-order valence-electron chi connectivity index (χ1n) is 3.66. The second-order valence-corrected chi connectivity index (χ2v) is 3.06. The van der Waals surface area contributed by atoms with Gasteiger partial charge >= 0.3 is 0 Å². The molecule has 0 spiro atoms. The SMILES string of the molecule is Cc1cc(-c2n[nH]c(=S)n2N)co1. The second kappa shape index (κ2) is 2.74. The lowest BCUT2D eigenvalue weighted by molar-refractivity contribution is 0.534. The molecule has 6 heteroatoms. The molecule has 5 nitrogen and oxygen atoms in total. The van der Waals surface area contributed by atoms with E-state index in [-0.39, 0.29) is 0 Å². The Kier molecular flexibility index (Phi) is 1.70. The molecule has 68 valence electrons. The van der Waals surface area contributed by atoms with Crippen LogP contribution in [0, 0.1) is 11.7 Å². The number of nitrogens with two attached hydrogens (primary N) is 1. The number of hydrogen-bond donors (Lipinski definition) is 2. The van der Waals surface area contributed by atoms with E-state index >= 15 is 0 Å². The van der Waals surface area contributed by atoms with Crippen LogP contribution in [0.3, 0.4) is 0 Å². The van der Waals surface area contributed by atoms with E-state index in [1.165, 1.54) is 4.68 Å². The molecule has 0 amide bonds. The Morgan fingerprint density at radius 3 is 2.92 bits per heavy atom. The molecule has 0 aliphatic carbocycles. The first-order chi connectivity index (χ1) is 6.18. The maximum Gasteiger partial charge on any atom is 0.214 e. The summed E-state index contributed by atoms with van der Waals surface area (Å²) in [6, 6.07) is 1.84. The minimum Gasteiger partial charge on any atom is -0.469 e. The number of H-pyrrole nitrogens is 1. The van der Waals surface area contributed by atoms with E-state index in [0.717, 1.165) is 11.3 Å². The van der Waals surface area contributed by atoms with Crippen molar-refractivity contribution in [1.29, 1.82) is 0 Å². The third kappa shape index (κ3) is 1.25. The molecule has 2 rings (SSSR count). The third-order valence-electron chi connectivity index (χ3n) is 1.69. The zero-order chi connectivity index (χ0) is 9.42. The Morgan fingerprint density at radius 2 is 2.46 bits per heavy atom. The molecule has 0 atom stereocenters. The summed E-state index contributed by atoms with van der Waals surface area (Å²) >= 11 is 4.87. The fourth-order valence-corrected chi connectivity index (χ4v) is 1.20. The molecule has 0 aliphatic heterocycles. The van der Waals surface area contributed by atoms with Gasteiger partial charge in [-0.05, 0) is 25.2 Å². The molecule has 0 saturated carbocycles. The van der Waals surface area contributed by atoms with Gasteiger partial charge in [0, 0.05) is 0 Å². The van der Waals surface area contributed by atoms with Gasteiger partial charge in [0.25, 0.3) is 0 Å². The van der Waals surface area contributed by atoms with Crippen molar-refractivity contribution in [3.8, 4) is 11.4 Å². The van der Waals surface area contributed by atoms with Crippen LogP contribution < -0.4 is 5.84 Å². The summed E-state index contributed by atoms with van der Waals surface area (Å²) in [5.41, 5.74) is 0.812. The molecule has 3 N–H and O–H groups in total. The molecule has 13 heavy (non-hydrogen) atoms. The van der Waals surface area contributed by atoms with Crippen molar-refractivity contribution < 1.29 is 4.42 Å². The van der Waals surface area contributed by atoms with Gasteiger partial charge in [-0.25, -0.2) is 9.77 Å². The number of aromatic nitrogens is 3. The molecule has 0 aromatic carbocycles. The molecule has 2 aromatic rings. The first kappa shape index (κ1) is 8.06. The van der Waals surface area contributed by atoms with Gasteiger partial charge in [-0.15, -0.1) is 0 Å². The van der Waals surface area contributed by atoms with E-state index in [4.69, 9.17) is 22.5 Å². The minimum atomic E-state index is 0.383. The van der Waals surface area contributed by atoms with Crippen molar-refractivity contribution in [1.82, 2.24) is 14.9 Å². The number of nitrogens with one attached hydrogen (secondary N) is 1. The van der Waals surface area contributed by atoms with Crippen LogP contribution in [0.5, 0.6) is 0 Å². The third-order valence-corrected chi connectivity index (χ3v) is 1.98. The summed E-state index contributed by atoms with van der Waals surface area (Å²) < 4.78 is 6.81. The summed E-state index contributed by atoms with van der Waals surface area (Å²) in [4.78, 5) is 0. The van der Waals surface area contributed by atoms with Crippen molar-refractivity contribution in [2.45, 2.75) is 6.92 Å². The summed E-state index contributed by atoms with van der Waals surface area (Å²) in [5, 5.41) is 6.55. The fraction of sp³-hybridized carbons (Fsp3) is 0.143. The van der Waals surface area contributed by atoms with E-state index in [0.29, 0.717) is 10.6 Å². The van der Waals surface area contributed by atoms with Crippen molar-refractivity contribution in [3.05, 3.63) is 22.9 Å². The number of rotatable bonds is 1. The van der Waals surface area contributed by atoms with Crippen LogP contribution in [0.1, 0.15) is 5.76 Å². The van der Waals surface area contributed by atoms with Gasteiger partial charge in [-0.1, -0.05) is 0 Å². The zero-order valence-corrected chi connectivity index (χ0v) is 7.76. The average Bonchev–Trinajstić information content (AvgIpc) is 2.62. The predicted octanol–water partition coefficient (Wildman–Crippen LogP) is 1.22. The van der Waals surface area contributed by atoms with Gasteiger partial charge in [0.05, 0.1) is 5.56 Å². The average molecular weight is 196 g/mol. The van der Waals surface area contributed by atoms with Crippen molar-refractivity contribution in [3.63, 3.8) is 0 Å². The monoisotopic (exact) mass is 196 g/mol. The molecule has 0 unspecified atom stereocenters. The van der Waals surface area contributed by atoms with E-state index in [1.54, 1.807) is 6.26 Å². The van der Waals surface area contributed by atoms with Gasteiger partial charge in [0.15, 0.2) is 5.82 Å². The topological polar surface area (TPSA) is 72.8 Å². The van der Waals surface area contributed by atoms with Crippen LogP contribution in [0.25, 0.3) is 11.4 Å². The van der Waals surface area contributed by atoms with Crippen molar-refractivity contribution in [2.75, 3.05) is 5.84 Å². The smallest absolute Gasteiger partial charge is 0.214 e. The lowest BCUT2D eigenvalue weighted by Crippen LogP contribution is -2.09. The van der Waals surface area contributed by atoms with Gasteiger partial charge in [0.1, 0.15) is 12.0 Å². The maximum atomic E-state index is 5.62. The van der Waals surface area contributed by atoms with Gasteiger partial charge in [-0.3, -0.25) is 0 Å². The highest BCUT2D eigenvalue weighted by atomic mass is 32.1. The highest BCUT2D eigenvalue weighted by molar-refractivity contribution is 7.71. The Balaban J connectivity index is 2.58. The van der Waals surface area contributed by atoms with Gasteiger partial charge in [-0.2, -0.15) is 5.10 Å². The number of aryl methyl sites for hydroxylation is 1. The van der Waals surface area contributed by atoms with E-state index in [2.05, 4.69) is 10.2 Å². The standard InChI is InChI=1S/C7H8N4OS/c1-4-2-5(3-12-4)6-9-10-7(13)11(6)8/h2-3H,8H2,1H3,(H,10,13). The van der Waals surface area contributed by atoms with Crippen LogP contribution in [-0.2, 0) is 0 Å². The van der Waals surface area contributed by atoms with E-state index in [1.807, 2.05) is 13.0 Å². The molecule has 0 bridgehead atoms. The molecule has 0 saturated heterocycles. The molecule has 2 heterocycles. The quantitative estimate of drug-likeness (QED) is 0.531. The Bertz CT molecular complexity index is 481. The lowest BCUT2D eigenvalue weighted by Gasteiger charge is -1.93. The van der Waals surface area contributed by atoms with Gasteiger partial charge in [0.2, 0.25) is 4.77 Å². The van der Waals surface area contributed by atoms with Crippen LogP contribution in [0.2, 0.25) is 0 Å². The number of nitrogen functional groups attached to an aromatic ring is 1. The molecule has 2 aromatic heterocycles. The van der Waals surface area contributed by atoms with E-state index < -0.39 is 0 Å². The number of furan rings is 1. The van der Waals surface area contributed by atoms with Crippen LogP contribution in [-0.4, -0.2) is 14.9 Å². The Labute approximate surface area is 79.1 Å². The van der Waals surface area contributed by atoms with E-state index in [9.17, 15) is 0 Å². The highest BCUT2D eigenvalue weighted by Crippen LogP contribution is 2.17. The lowest BCUT2D eigenvalue weighted by atomic mass is 10.3. The number of nitrogens with zero attached hydrogens (tertiary/aromatic N) is 2. The number of aromatic amines is 1. The fourth-order valence-electron chi connectivity index (χ4n) is 1.07. The normalized spacial score (nSPS) is 10.5. The zero-order valence-electron chi connectivity index (χ0n) is 6.94. The molecule has 0 radical (unpaired) electrons. The summed E-state index contributed by atoms with van der Waals surface area (Å²) in [5.74, 6) is 7.00. The highest BCUT2D eigenvalue weighted by Gasteiger charge is 2.08. The molecule has 0 fully saturated rings. The molecule has 0 aliphatic rings. The van der Waals surface area contributed by atoms with Gasteiger partial charge < -0.3 is 10.3 Å². The summed E-state index contributed by atoms with van der Waals surface area (Å²) in [7, 11) is 0. The van der Waals surface area contributed by atoms with Crippen LogP contribution in [0.4, 0.5) is 0 Å².